The molecular formula is C22H18Cl2N2O4. The average molecular weight is 445 g/mol. The van der Waals surface area contributed by atoms with E-state index in [0.29, 0.717) is 32.6 Å². The lowest BCUT2D eigenvalue weighted by Gasteiger charge is -2.09. The van der Waals surface area contributed by atoms with Crippen molar-refractivity contribution in [3.8, 4) is 17.2 Å². The van der Waals surface area contributed by atoms with E-state index >= 15 is 0 Å². The van der Waals surface area contributed by atoms with Gasteiger partial charge in [-0.15, -0.1) is 0 Å². The number of hydrogen-bond acceptors (Lipinski definition) is 5. The zero-order valence-electron chi connectivity index (χ0n) is 15.9. The lowest BCUT2D eigenvalue weighted by atomic mass is 10.1. The van der Waals surface area contributed by atoms with E-state index < -0.39 is 5.91 Å². The Balaban J connectivity index is 1.61. The highest BCUT2D eigenvalue weighted by molar-refractivity contribution is 6.35. The van der Waals surface area contributed by atoms with Crippen molar-refractivity contribution in [3.63, 3.8) is 0 Å². The van der Waals surface area contributed by atoms with Gasteiger partial charge in [-0.1, -0.05) is 29.3 Å². The van der Waals surface area contributed by atoms with E-state index in [-0.39, 0.29) is 18.1 Å². The van der Waals surface area contributed by atoms with Crippen LogP contribution in [0, 0.1) is 0 Å². The van der Waals surface area contributed by atoms with Gasteiger partial charge in [-0.05, 0) is 61.5 Å². The van der Waals surface area contributed by atoms with Crippen LogP contribution in [0.3, 0.4) is 0 Å². The molecule has 3 N–H and O–H groups in total. The van der Waals surface area contributed by atoms with E-state index in [1.807, 2.05) is 0 Å². The minimum absolute atomic E-state index is 0.0147. The van der Waals surface area contributed by atoms with Crippen molar-refractivity contribution in [3.05, 3.63) is 87.4 Å². The van der Waals surface area contributed by atoms with E-state index in [0.717, 1.165) is 5.56 Å². The van der Waals surface area contributed by atoms with Crippen LogP contribution in [0.5, 0.6) is 17.2 Å². The van der Waals surface area contributed by atoms with Gasteiger partial charge in [0.25, 0.3) is 5.91 Å². The van der Waals surface area contributed by atoms with E-state index in [2.05, 4.69) is 10.5 Å². The van der Waals surface area contributed by atoms with Gasteiger partial charge in [-0.2, -0.15) is 5.10 Å². The Hall–Kier alpha value is -3.22. The van der Waals surface area contributed by atoms with Crippen molar-refractivity contribution in [2.24, 2.45) is 5.10 Å². The fraction of sp³-hybridized carbons (Fsp3) is 0.0909. The lowest BCUT2D eigenvalue weighted by Crippen LogP contribution is -2.19. The van der Waals surface area contributed by atoms with Crippen LogP contribution in [-0.4, -0.2) is 21.8 Å². The molecule has 3 rings (SSSR count). The van der Waals surface area contributed by atoms with Gasteiger partial charge in [-0.25, -0.2) is 5.43 Å². The molecule has 0 saturated carbocycles. The summed E-state index contributed by atoms with van der Waals surface area (Å²) in [5, 5.41) is 24.4. The first kappa shape index (κ1) is 21.5. The first-order valence-electron chi connectivity index (χ1n) is 8.87. The van der Waals surface area contributed by atoms with Crippen LogP contribution in [0.2, 0.25) is 10.0 Å². The Morgan fingerprint density at radius 3 is 2.47 bits per heavy atom. The number of rotatable bonds is 6. The third kappa shape index (κ3) is 5.43. The Labute approximate surface area is 183 Å². The Morgan fingerprint density at radius 2 is 1.77 bits per heavy atom. The average Bonchev–Trinajstić information content (AvgIpc) is 2.73. The quantitative estimate of drug-likeness (QED) is 0.279. The maximum Gasteiger partial charge on any atom is 0.271 e. The van der Waals surface area contributed by atoms with Crippen molar-refractivity contribution >= 4 is 34.8 Å². The van der Waals surface area contributed by atoms with Crippen LogP contribution < -0.4 is 10.2 Å². The van der Waals surface area contributed by atoms with Crippen molar-refractivity contribution in [1.82, 2.24) is 5.43 Å². The zero-order chi connectivity index (χ0) is 21.7. The monoisotopic (exact) mass is 444 g/mol. The maximum absolute atomic E-state index is 12.3. The summed E-state index contributed by atoms with van der Waals surface area (Å²) in [4.78, 5) is 12.3. The van der Waals surface area contributed by atoms with E-state index in [1.54, 1.807) is 49.4 Å². The number of benzene rings is 3. The van der Waals surface area contributed by atoms with Crippen molar-refractivity contribution in [2.45, 2.75) is 13.5 Å². The summed E-state index contributed by atoms with van der Waals surface area (Å²) in [6.45, 7) is 1.87. The Kier molecular flexibility index (Phi) is 6.82. The third-order valence-corrected chi connectivity index (χ3v) is 4.81. The molecule has 0 aliphatic rings. The molecular weight excluding hydrogens is 427 g/mol. The highest BCUT2D eigenvalue weighted by Crippen LogP contribution is 2.24. The number of hydrazone groups is 1. The van der Waals surface area contributed by atoms with Gasteiger partial charge in [-0.3, -0.25) is 4.79 Å². The van der Waals surface area contributed by atoms with Crippen LogP contribution in [0.25, 0.3) is 0 Å². The summed E-state index contributed by atoms with van der Waals surface area (Å²) in [5.41, 5.74) is 4.26. The number of ether oxygens (including phenoxy) is 1. The summed E-state index contributed by atoms with van der Waals surface area (Å²) in [6.07, 6.45) is 0. The fourth-order valence-electron chi connectivity index (χ4n) is 2.58. The predicted molar refractivity (Wildman–Crippen MR) is 117 cm³/mol. The predicted octanol–water partition coefficient (Wildman–Crippen LogP) is 5.14. The number of nitrogens with one attached hydrogen (secondary N) is 1. The molecule has 0 aliphatic heterocycles. The topological polar surface area (TPSA) is 91.2 Å². The number of nitrogens with zero attached hydrogens (tertiary/aromatic N) is 1. The minimum Gasteiger partial charge on any atom is -0.508 e. The molecule has 0 heterocycles. The number of phenolic OH excluding ortho intramolecular Hbond substituents is 2. The van der Waals surface area contributed by atoms with Crippen LogP contribution in [0.4, 0.5) is 0 Å². The molecule has 0 unspecified atom stereocenters. The van der Waals surface area contributed by atoms with Crippen molar-refractivity contribution < 1.29 is 19.7 Å². The molecule has 0 atom stereocenters. The molecule has 6 nitrogen and oxygen atoms in total. The van der Waals surface area contributed by atoms with Crippen molar-refractivity contribution in [2.75, 3.05) is 0 Å². The largest absolute Gasteiger partial charge is 0.508 e. The third-order valence-electron chi connectivity index (χ3n) is 4.22. The highest BCUT2D eigenvalue weighted by atomic mass is 35.5. The summed E-state index contributed by atoms with van der Waals surface area (Å²) in [5.74, 6) is 0.0768. The molecule has 0 fully saturated rings. The Bertz CT molecular complexity index is 1100. The molecule has 0 aromatic heterocycles. The summed E-state index contributed by atoms with van der Waals surface area (Å²) in [6, 6.07) is 15.8. The standard InChI is InChI=1S/C22H18Cl2N2O4/c1-13(19-11-17(27)6-9-21(19)28)25-26-22(29)14-3-7-18(8-4-14)30-12-15-2-5-16(23)10-20(15)24/h2-11,27-28H,12H2,1H3,(H,26,29)/b25-13+. The number of phenols is 2. The molecule has 0 spiro atoms. The second-order valence-electron chi connectivity index (χ2n) is 6.39. The molecule has 8 heteroatoms. The molecule has 0 aliphatic carbocycles. The second kappa shape index (κ2) is 9.52. The van der Waals surface area contributed by atoms with Crippen molar-refractivity contribution in [1.29, 1.82) is 0 Å². The van der Waals surface area contributed by atoms with Gasteiger partial charge in [0.2, 0.25) is 0 Å². The minimum atomic E-state index is -0.429. The van der Waals surface area contributed by atoms with Gasteiger partial charge in [0.15, 0.2) is 0 Å². The molecule has 0 radical (unpaired) electrons. The molecule has 3 aromatic rings. The van der Waals surface area contributed by atoms with Crippen LogP contribution in [0.15, 0.2) is 65.8 Å². The van der Waals surface area contributed by atoms with E-state index in [9.17, 15) is 15.0 Å². The normalized spacial score (nSPS) is 11.2. The molecule has 0 bridgehead atoms. The summed E-state index contributed by atoms with van der Waals surface area (Å²) in [7, 11) is 0. The number of carbonyl (C=O) groups excluding carboxylic acids is 1. The number of aromatic hydroxyl groups is 2. The van der Waals surface area contributed by atoms with Gasteiger partial charge >= 0.3 is 0 Å². The smallest absolute Gasteiger partial charge is 0.271 e. The van der Waals surface area contributed by atoms with Crippen LogP contribution in [-0.2, 0) is 6.61 Å². The molecule has 154 valence electrons. The summed E-state index contributed by atoms with van der Waals surface area (Å²) >= 11 is 12.0. The first-order chi connectivity index (χ1) is 14.3. The molecule has 0 saturated heterocycles. The zero-order valence-corrected chi connectivity index (χ0v) is 17.4. The van der Waals surface area contributed by atoms with E-state index in [4.69, 9.17) is 27.9 Å². The number of halogens is 2. The van der Waals surface area contributed by atoms with Gasteiger partial charge < -0.3 is 14.9 Å². The van der Waals surface area contributed by atoms with Crippen LogP contribution >= 0.6 is 23.2 Å². The van der Waals surface area contributed by atoms with Gasteiger partial charge in [0.1, 0.15) is 23.9 Å². The second-order valence-corrected chi connectivity index (χ2v) is 7.23. The van der Waals surface area contributed by atoms with Crippen LogP contribution in [0.1, 0.15) is 28.4 Å². The molecule has 30 heavy (non-hydrogen) atoms. The molecule has 3 aromatic carbocycles. The number of hydrogen-bond donors (Lipinski definition) is 3. The highest BCUT2D eigenvalue weighted by Gasteiger charge is 2.09. The maximum atomic E-state index is 12.3. The fourth-order valence-corrected chi connectivity index (χ4v) is 3.04. The number of carbonyl (C=O) groups is 1. The lowest BCUT2D eigenvalue weighted by molar-refractivity contribution is 0.0954. The Morgan fingerprint density at radius 1 is 1.03 bits per heavy atom. The summed E-state index contributed by atoms with van der Waals surface area (Å²) < 4.78 is 5.69. The number of amides is 1. The van der Waals surface area contributed by atoms with Gasteiger partial charge in [0.05, 0.1) is 5.71 Å². The van der Waals surface area contributed by atoms with Gasteiger partial charge in [0, 0.05) is 26.7 Å². The van der Waals surface area contributed by atoms with E-state index in [1.165, 1.54) is 18.2 Å². The molecule has 1 amide bonds. The SMILES string of the molecule is C/C(=N\NC(=O)c1ccc(OCc2ccc(Cl)cc2Cl)cc1)c1cc(O)ccc1O. The first-order valence-corrected chi connectivity index (χ1v) is 9.63.